The SMILES string of the molecule is O=C1CCC(N2C(=O)c3ccc(CNCCC4(O)CCNC4)cc3C2=O)C(=O)N1. The summed E-state index contributed by atoms with van der Waals surface area (Å²) in [5.74, 6) is -2.02. The predicted molar refractivity (Wildman–Crippen MR) is 102 cm³/mol. The van der Waals surface area contributed by atoms with Crippen LogP contribution in [0.3, 0.4) is 0 Å². The second-order valence-electron chi connectivity index (χ2n) is 7.91. The van der Waals surface area contributed by atoms with Gasteiger partial charge in [-0.05, 0) is 50.0 Å². The molecule has 3 aliphatic heterocycles. The molecule has 29 heavy (non-hydrogen) atoms. The number of imide groups is 2. The van der Waals surface area contributed by atoms with Crippen molar-refractivity contribution in [2.45, 2.75) is 43.9 Å². The van der Waals surface area contributed by atoms with Gasteiger partial charge in [-0.2, -0.15) is 0 Å². The van der Waals surface area contributed by atoms with E-state index in [1.165, 1.54) is 0 Å². The Morgan fingerprint density at radius 1 is 1.17 bits per heavy atom. The number of fused-ring (bicyclic) bond motifs is 1. The third-order valence-corrected chi connectivity index (χ3v) is 5.82. The maximum atomic E-state index is 12.8. The second-order valence-corrected chi connectivity index (χ2v) is 7.91. The Bertz CT molecular complexity index is 878. The summed E-state index contributed by atoms with van der Waals surface area (Å²) in [5.41, 5.74) is 0.717. The number of nitrogens with zero attached hydrogens (tertiary/aromatic N) is 1. The van der Waals surface area contributed by atoms with Crippen LogP contribution in [0.25, 0.3) is 0 Å². The van der Waals surface area contributed by atoms with Crippen molar-refractivity contribution in [1.82, 2.24) is 20.9 Å². The van der Waals surface area contributed by atoms with E-state index in [0.29, 0.717) is 26.1 Å². The van der Waals surface area contributed by atoms with Crippen molar-refractivity contribution in [2.75, 3.05) is 19.6 Å². The number of hydrogen-bond donors (Lipinski definition) is 4. The molecule has 4 rings (SSSR count). The fourth-order valence-electron chi connectivity index (χ4n) is 4.13. The molecule has 9 nitrogen and oxygen atoms in total. The fourth-order valence-corrected chi connectivity index (χ4v) is 4.13. The molecule has 0 radical (unpaired) electrons. The molecule has 2 saturated heterocycles. The van der Waals surface area contributed by atoms with Crippen molar-refractivity contribution >= 4 is 23.6 Å². The molecular formula is C20H24N4O5. The Kier molecular flexibility index (Phi) is 5.20. The molecule has 9 heteroatoms. The average Bonchev–Trinajstić information content (AvgIpc) is 3.22. The maximum Gasteiger partial charge on any atom is 0.262 e. The number of nitrogens with one attached hydrogen (secondary N) is 3. The van der Waals surface area contributed by atoms with Crippen molar-refractivity contribution in [3.63, 3.8) is 0 Å². The van der Waals surface area contributed by atoms with E-state index in [0.717, 1.165) is 23.4 Å². The highest BCUT2D eigenvalue weighted by Crippen LogP contribution is 2.28. The largest absolute Gasteiger partial charge is 0.388 e. The third-order valence-electron chi connectivity index (χ3n) is 5.82. The van der Waals surface area contributed by atoms with Crippen LogP contribution in [-0.2, 0) is 16.1 Å². The molecule has 154 valence electrons. The Balaban J connectivity index is 1.40. The Morgan fingerprint density at radius 2 is 1.97 bits per heavy atom. The quantitative estimate of drug-likeness (QED) is 0.367. The smallest absolute Gasteiger partial charge is 0.262 e. The minimum Gasteiger partial charge on any atom is -0.388 e. The maximum absolute atomic E-state index is 12.8. The number of benzene rings is 1. The molecule has 0 aromatic heterocycles. The molecule has 1 aromatic rings. The molecule has 3 heterocycles. The van der Waals surface area contributed by atoms with Crippen LogP contribution in [0.5, 0.6) is 0 Å². The number of amides is 4. The third kappa shape index (κ3) is 3.81. The Hall–Kier alpha value is -2.62. The van der Waals surface area contributed by atoms with Crippen molar-refractivity contribution in [3.8, 4) is 0 Å². The lowest BCUT2D eigenvalue weighted by Crippen LogP contribution is -2.54. The van der Waals surface area contributed by atoms with Crippen LogP contribution in [0.15, 0.2) is 18.2 Å². The van der Waals surface area contributed by atoms with Crippen LogP contribution in [0.2, 0.25) is 0 Å². The number of aliphatic hydroxyl groups is 1. The molecule has 0 aliphatic carbocycles. The van der Waals surface area contributed by atoms with Gasteiger partial charge in [0.05, 0.1) is 16.7 Å². The highest BCUT2D eigenvalue weighted by molar-refractivity contribution is 6.23. The van der Waals surface area contributed by atoms with E-state index in [2.05, 4.69) is 16.0 Å². The number of piperidine rings is 1. The molecule has 0 bridgehead atoms. The van der Waals surface area contributed by atoms with Gasteiger partial charge in [0, 0.05) is 19.5 Å². The van der Waals surface area contributed by atoms with Gasteiger partial charge in [-0.25, -0.2) is 0 Å². The summed E-state index contributed by atoms with van der Waals surface area (Å²) in [6.45, 7) is 2.54. The highest BCUT2D eigenvalue weighted by Gasteiger charge is 2.44. The van der Waals surface area contributed by atoms with E-state index in [4.69, 9.17) is 0 Å². The van der Waals surface area contributed by atoms with Crippen LogP contribution in [0.1, 0.15) is 52.0 Å². The van der Waals surface area contributed by atoms with Crippen LogP contribution in [-0.4, -0.2) is 64.9 Å². The Labute approximate surface area is 167 Å². The highest BCUT2D eigenvalue weighted by atomic mass is 16.3. The van der Waals surface area contributed by atoms with Crippen LogP contribution >= 0.6 is 0 Å². The average molecular weight is 400 g/mol. The first-order valence-electron chi connectivity index (χ1n) is 9.86. The molecule has 0 spiro atoms. The van der Waals surface area contributed by atoms with Crippen molar-refractivity contribution in [1.29, 1.82) is 0 Å². The molecule has 2 atom stereocenters. The van der Waals surface area contributed by atoms with Gasteiger partial charge in [0.15, 0.2) is 0 Å². The summed E-state index contributed by atoms with van der Waals surface area (Å²) in [5, 5.41) is 18.9. The summed E-state index contributed by atoms with van der Waals surface area (Å²) < 4.78 is 0. The van der Waals surface area contributed by atoms with Gasteiger partial charge in [-0.1, -0.05) is 6.07 Å². The van der Waals surface area contributed by atoms with Gasteiger partial charge in [0.1, 0.15) is 6.04 Å². The van der Waals surface area contributed by atoms with E-state index < -0.39 is 35.3 Å². The zero-order valence-corrected chi connectivity index (χ0v) is 16.0. The summed E-state index contributed by atoms with van der Waals surface area (Å²) in [7, 11) is 0. The van der Waals surface area contributed by atoms with Crippen molar-refractivity contribution in [3.05, 3.63) is 34.9 Å². The van der Waals surface area contributed by atoms with Gasteiger partial charge in [0.25, 0.3) is 11.8 Å². The first-order chi connectivity index (χ1) is 13.9. The normalized spacial score (nSPS) is 26.8. The van der Waals surface area contributed by atoms with Gasteiger partial charge < -0.3 is 15.7 Å². The van der Waals surface area contributed by atoms with Crippen LogP contribution in [0, 0.1) is 0 Å². The van der Waals surface area contributed by atoms with Crippen LogP contribution < -0.4 is 16.0 Å². The summed E-state index contributed by atoms with van der Waals surface area (Å²) >= 11 is 0. The van der Waals surface area contributed by atoms with Gasteiger partial charge in [0.2, 0.25) is 11.8 Å². The van der Waals surface area contributed by atoms with Crippen LogP contribution in [0.4, 0.5) is 0 Å². The van der Waals surface area contributed by atoms with Gasteiger partial charge in [-0.15, -0.1) is 0 Å². The number of carbonyl (C=O) groups excluding carboxylic acids is 4. The molecular weight excluding hydrogens is 376 g/mol. The van der Waals surface area contributed by atoms with E-state index in [1.807, 2.05) is 0 Å². The first-order valence-corrected chi connectivity index (χ1v) is 9.86. The monoisotopic (exact) mass is 400 g/mol. The second kappa shape index (κ2) is 7.66. The van der Waals surface area contributed by atoms with Gasteiger partial charge in [-0.3, -0.25) is 29.4 Å². The molecule has 0 saturated carbocycles. The minimum absolute atomic E-state index is 0.0981. The summed E-state index contributed by atoms with van der Waals surface area (Å²) in [4.78, 5) is 49.9. The molecule has 1 aromatic carbocycles. The number of rotatable bonds is 6. The van der Waals surface area contributed by atoms with E-state index >= 15 is 0 Å². The molecule has 4 amide bonds. The lowest BCUT2D eigenvalue weighted by atomic mass is 9.99. The van der Waals surface area contributed by atoms with Crippen molar-refractivity contribution in [2.24, 2.45) is 0 Å². The lowest BCUT2D eigenvalue weighted by Gasteiger charge is -2.27. The zero-order chi connectivity index (χ0) is 20.6. The number of carbonyl (C=O) groups is 4. The van der Waals surface area contributed by atoms with Gasteiger partial charge >= 0.3 is 0 Å². The number of hydrogen-bond acceptors (Lipinski definition) is 7. The van der Waals surface area contributed by atoms with Crippen molar-refractivity contribution < 1.29 is 24.3 Å². The summed E-state index contributed by atoms with van der Waals surface area (Å²) in [6, 6.07) is 4.09. The fraction of sp³-hybridized carbons (Fsp3) is 0.500. The Morgan fingerprint density at radius 3 is 2.69 bits per heavy atom. The molecule has 2 unspecified atom stereocenters. The standard InChI is InChI=1S/C20H24N4O5/c25-16-4-3-15(17(26)23-16)24-18(27)13-2-1-12(9-14(13)19(24)28)10-21-7-5-20(29)6-8-22-11-20/h1-2,9,15,21-22,29H,3-8,10-11H2,(H,23,25,26). The molecule has 3 aliphatic rings. The first kappa shape index (κ1) is 19.7. The predicted octanol–water partition coefficient (Wildman–Crippen LogP) is -0.708. The zero-order valence-electron chi connectivity index (χ0n) is 16.0. The molecule has 4 N–H and O–H groups in total. The molecule has 2 fully saturated rings. The minimum atomic E-state index is -0.956. The van der Waals surface area contributed by atoms with E-state index in [-0.39, 0.29) is 24.0 Å². The summed E-state index contributed by atoms with van der Waals surface area (Å²) in [6.07, 6.45) is 1.61. The topological polar surface area (TPSA) is 128 Å². The van der Waals surface area contributed by atoms with E-state index in [9.17, 15) is 24.3 Å². The van der Waals surface area contributed by atoms with E-state index in [1.54, 1.807) is 18.2 Å². The lowest BCUT2D eigenvalue weighted by molar-refractivity contribution is -0.136. The number of β-amino-alcohol motifs (C(OH)–C–C–N with tert-alkyl or cyclic N) is 1.